The minimum atomic E-state index is -4.86. The van der Waals surface area contributed by atoms with Crippen LogP contribution in [0.2, 0.25) is 0 Å². The molecule has 0 saturated carbocycles. The van der Waals surface area contributed by atoms with E-state index in [4.69, 9.17) is 0 Å². The van der Waals surface area contributed by atoms with Gasteiger partial charge in [-0.3, -0.25) is 14.5 Å². The van der Waals surface area contributed by atoms with Crippen LogP contribution in [0.4, 0.5) is 22.4 Å². The topological polar surface area (TPSA) is 79.0 Å². The number of carbonyl (C=O) groups is 3. The highest BCUT2D eigenvalue weighted by atomic mass is 19.4. The van der Waals surface area contributed by atoms with Gasteiger partial charge in [0.1, 0.15) is 23.7 Å². The van der Waals surface area contributed by atoms with Crippen LogP contribution >= 0.6 is 0 Å². The Morgan fingerprint density at radius 2 is 1.70 bits per heavy atom. The number of rotatable bonds is 6. The molecular formula is C22H21F4N3O4. The highest BCUT2D eigenvalue weighted by molar-refractivity contribution is 6.09. The molecule has 1 saturated heterocycles. The van der Waals surface area contributed by atoms with Crippen molar-refractivity contribution in [3.8, 4) is 5.75 Å². The van der Waals surface area contributed by atoms with Crippen LogP contribution in [0, 0.1) is 5.82 Å². The van der Waals surface area contributed by atoms with Crippen molar-refractivity contribution in [2.24, 2.45) is 0 Å². The summed E-state index contributed by atoms with van der Waals surface area (Å²) in [5.41, 5.74) is -0.691. The molecule has 33 heavy (non-hydrogen) atoms. The number of hydrogen-bond donors (Lipinski definition) is 1. The van der Waals surface area contributed by atoms with Crippen molar-refractivity contribution >= 4 is 17.8 Å². The molecule has 11 heteroatoms. The van der Waals surface area contributed by atoms with Gasteiger partial charge in [-0.1, -0.05) is 24.3 Å². The SMILES string of the molecule is CC(c1ccc(F)cc1)N(C)C(=O)CN1C(=O)NC(C)(c2ccc(OC(F)(F)F)cc2)C1=O. The molecule has 0 aromatic heterocycles. The zero-order valence-corrected chi connectivity index (χ0v) is 17.9. The standard InChI is InChI=1S/C22H21F4N3O4/c1-13(14-4-8-16(23)9-5-14)28(3)18(30)12-29-19(31)21(2,27-20(29)32)15-6-10-17(11-7-15)33-22(24,25)26/h4-11,13H,12H2,1-3H3,(H,27,32). The third-order valence-electron chi connectivity index (χ3n) is 5.56. The summed E-state index contributed by atoms with van der Waals surface area (Å²) >= 11 is 0. The molecule has 1 fully saturated rings. The van der Waals surface area contributed by atoms with Gasteiger partial charge in [0.2, 0.25) is 5.91 Å². The molecule has 7 nitrogen and oxygen atoms in total. The number of ether oxygens (including phenoxy) is 1. The Kier molecular flexibility index (Phi) is 6.35. The normalized spacial score (nSPS) is 19.3. The fourth-order valence-electron chi connectivity index (χ4n) is 3.45. The Balaban J connectivity index is 1.72. The van der Waals surface area contributed by atoms with Gasteiger partial charge in [0.25, 0.3) is 5.91 Å². The number of halogens is 4. The van der Waals surface area contributed by atoms with Crippen LogP contribution < -0.4 is 10.1 Å². The maximum absolute atomic E-state index is 13.1. The van der Waals surface area contributed by atoms with Gasteiger partial charge >= 0.3 is 12.4 Å². The molecule has 0 radical (unpaired) electrons. The summed E-state index contributed by atoms with van der Waals surface area (Å²) < 4.78 is 54.0. The van der Waals surface area contributed by atoms with Crippen molar-refractivity contribution in [2.45, 2.75) is 31.8 Å². The summed E-state index contributed by atoms with van der Waals surface area (Å²) in [6, 6.07) is 8.83. The second kappa shape index (κ2) is 8.72. The van der Waals surface area contributed by atoms with E-state index in [0.29, 0.717) is 5.56 Å². The lowest BCUT2D eigenvalue weighted by molar-refractivity contribution is -0.274. The molecular weight excluding hydrogens is 446 g/mol. The van der Waals surface area contributed by atoms with Crippen LogP contribution in [-0.2, 0) is 15.1 Å². The third-order valence-corrected chi connectivity index (χ3v) is 5.56. The Morgan fingerprint density at radius 1 is 1.12 bits per heavy atom. The number of nitrogens with one attached hydrogen (secondary N) is 1. The minimum Gasteiger partial charge on any atom is -0.406 e. The van der Waals surface area contributed by atoms with E-state index in [-0.39, 0.29) is 5.56 Å². The summed E-state index contributed by atoms with van der Waals surface area (Å²) in [5.74, 6) is -2.16. The van der Waals surface area contributed by atoms with Crippen molar-refractivity contribution < 1.29 is 36.7 Å². The molecule has 2 atom stereocenters. The molecule has 1 aliphatic heterocycles. The van der Waals surface area contributed by atoms with Crippen LogP contribution in [0.25, 0.3) is 0 Å². The van der Waals surface area contributed by atoms with Crippen LogP contribution in [-0.4, -0.2) is 47.6 Å². The molecule has 1 aliphatic rings. The van der Waals surface area contributed by atoms with Crippen molar-refractivity contribution in [1.29, 1.82) is 0 Å². The average Bonchev–Trinajstić information content (AvgIpc) is 2.96. The predicted molar refractivity (Wildman–Crippen MR) is 108 cm³/mol. The monoisotopic (exact) mass is 467 g/mol. The number of alkyl halides is 3. The van der Waals surface area contributed by atoms with E-state index in [1.54, 1.807) is 6.92 Å². The lowest BCUT2D eigenvalue weighted by Crippen LogP contribution is -2.44. The fraction of sp³-hybridized carbons (Fsp3) is 0.318. The molecule has 0 spiro atoms. The van der Waals surface area contributed by atoms with E-state index >= 15 is 0 Å². The number of imide groups is 1. The highest BCUT2D eigenvalue weighted by Gasteiger charge is 2.49. The average molecular weight is 467 g/mol. The minimum absolute atomic E-state index is 0.221. The van der Waals surface area contributed by atoms with E-state index in [1.807, 2.05) is 0 Å². The van der Waals surface area contributed by atoms with Gasteiger partial charge in [-0.05, 0) is 49.2 Å². The quantitative estimate of drug-likeness (QED) is 0.519. The van der Waals surface area contributed by atoms with Gasteiger partial charge in [0, 0.05) is 7.05 Å². The number of benzene rings is 2. The van der Waals surface area contributed by atoms with Gasteiger partial charge in [0.15, 0.2) is 0 Å². The molecule has 2 aromatic carbocycles. The first kappa shape index (κ1) is 24.0. The Labute approximate surface area is 186 Å². The van der Waals surface area contributed by atoms with Crippen LogP contribution in [0.15, 0.2) is 48.5 Å². The van der Waals surface area contributed by atoms with E-state index < -0.39 is 53.9 Å². The fourth-order valence-corrected chi connectivity index (χ4v) is 3.45. The Bertz CT molecular complexity index is 1060. The molecule has 4 amide bonds. The smallest absolute Gasteiger partial charge is 0.406 e. The lowest BCUT2D eigenvalue weighted by Gasteiger charge is -2.27. The van der Waals surface area contributed by atoms with Crippen molar-refractivity contribution in [3.63, 3.8) is 0 Å². The third kappa shape index (κ3) is 5.07. The largest absolute Gasteiger partial charge is 0.573 e. The van der Waals surface area contributed by atoms with Crippen molar-refractivity contribution in [3.05, 3.63) is 65.5 Å². The summed E-state index contributed by atoms with van der Waals surface area (Å²) in [4.78, 5) is 40.3. The number of carbonyl (C=O) groups excluding carboxylic acids is 3. The van der Waals surface area contributed by atoms with E-state index in [1.165, 1.54) is 55.3 Å². The van der Waals surface area contributed by atoms with Crippen LogP contribution in [0.5, 0.6) is 5.75 Å². The zero-order valence-electron chi connectivity index (χ0n) is 17.9. The van der Waals surface area contributed by atoms with Gasteiger partial charge < -0.3 is 15.0 Å². The number of likely N-dealkylation sites (N-methyl/N-ethyl adjacent to an activating group) is 1. The summed E-state index contributed by atoms with van der Waals surface area (Å²) in [6.45, 7) is 2.56. The number of amides is 4. The summed E-state index contributed by atoms with van der Waals surface area (Å²) in [7, 11) is 1.49. The van der Waals surface area contributed by atoms with Crippen molar-refractivity contribution in [1.82, 2.24) is 15.1 Å². The number of nitrogens with zero attached hydrogens (tertiary/aromatic N) is 2. The van der Waals surface area contributed by atoms with E-state index in [9.17, 15) is 31.9 Å². The molecule has 2 aromatic rings. The van der Waals surface area contributed by atoms with Crippen molar-refractivity contribution in [2.75, 3.05) is 13.6 Å². The predicted octanol–water partition coefficient (Wildman–Crippen LogP) is 3.71. The lowest BCUT2D eigenvalue weighted by atomic mass is 9.92. The molecule has 2 unspecified atom stereocenters. The summed E-state index contributed by atoms with van der Waals surface area (Å²) in [6.07, 6.45) is -4.86. The first-order chi connectivity index (χ1) is 15.3. The van der Waals surface area contributed by atoms with Gasteiger partial charge in [-0.25, -0.2) is 9.18 Å². The number of urea groups is 1. The highest BCUT2D eigenvalue weighted by Crippen LogP contribution is 2.31. The Morgan fingerprint density at radius 3 is 2.24 bits per heavy atom. The van der Waals surface area contributed by atoms with Crippen LogP contribution in [0.1, 0.15) is 31.0 Å². The molecule has 0 aliphatic carbocycles. The maximum Gasteiger partial charge on any atom is 0.573 e. The Hall–Kier alpha value is -3.63. The second-order valence-electron chi connectivity index (χ2n) is 7.75. The number of hydrogen-bond acceptors (Lipinski definition) is 4. The van der Waals surface area contributed by atoms with Gasteiger partial charge in [-0.15, -0.1) is 13.2 Å². The molecule has 1 N–H and O–H groups in total. The molecule has 176 valence electrons. The molecule has 0 bridgehead atoms. The molecule has 3 rings (SSSR count). The van der Waals surface area contributed by atoms with Crippen LogP contribution in [0.3, 0.4) is 0 Å². The first-order valence-corrected chi connectivity index (χ1v) is 9.83. The maximum atomic E-state index is 13.1. The first-order valence-electron chi connectivity index (χ1n) is 9.83. The zero-order chi connectivity index (χ0) is 24.6. The van der Waals surface area contributed by atoms with Gasteiger partial charge in [0.05, 0.1) is 6.04 Å². The van der Waals surface area contributed by atoms with Gasteiger partial charge in [-0.2, -0.15) is 0 Å². The summed E-state index contributed by atoms with van der Waals surface area (Å²) in [5, 5.41) is 2.49. The second-order valence-corrected chi connectivity index (χ2v) is 7.75. The van der Waals surface area contributed by atoms with E-state index in [0.717, 1.165) is 17.0 Å². The molecule has 1 heterocycles. The van der Waals surface area contributed by atoms with E-state index in [2.05, 4.69) is 10.1 Å².